The Labute approximate surface area is 189 Å². The van der Waals surface area contributed by atoms with Crippen LogP contribution in [0.2, 0.25) is 0 Å². The number of aliphatic carboxylic acids is 1. The Bertz CT molecular complexity index is 909. The van der Waals surface area contributed by atoms with Gasteiger partial charge in [-0.3, -0.25) is 4.79 Å². The van der Waals surface area contributed by atoms with Gasteiger partial charge < -0.3 is 20.1 Å². The van der Waals surface area contributed by atoms with Crippen molar-refractivity contribution in [2.75, 3.05) is 7.11 Å². The van der Waals surface area contributed by atoms with Crippen LogP contribution < -0.4 is 4.74 Å². The smallest absolute Gasteiger partial charge is 0.305 e. The second-order valence-electron chi connectivity index (χ2n) is 7.34. The maximum Gasteiger partial charge on any atom is 0.305 e. The molecule has 0 saturated heterocycles. The number of carboxylic acid groups (broad SMARTS) is 1. The third-order valence-corrected chi connectivity index (χ3v) is 5.48. The fourth-order valence-electron chi connectivity index (χ4n) is 3.28. The Morgan fingerprint density at radius 1 is 1.23 bits per heavy atom. The van der Waals surface area contributed by atoms with E-state index < -0.39 is 24.6 Å². The Hall–Kier alpha value is -1.97. The zero-order valence-corrected chi connectivity index (χ0v) is 19.3. The highest BCUT2D eigenvalue weighted by Crippen LogP contribution is 2.42. The van der Waals surface area contributed by atoms with E-state index in [1.54, 1.807) is 25.3 Å². The van der Waals surface area contributed by atoms with Crippen LogP contribution in [0.15, 0.2) is 36.4 Å². The maximum absolute atomic E-state index is 13.5. The van der Waals surface area contributed by atoms with Gasteiger partial charge in [0.2, 0.25) is 0 Å². The number of halogens is 2. The van der Waals surface area contributed by atoms with Crippen LogP contribution in [0.1, 0.15) is 43.7 Å². The van der Waals surface area contributed by atoms with E-state index in [0.29, 0.717) is 5.75 Å². The van der Waals surface area contributed by atoms with Crippen LogP contribution >= 0.6 is 22.6 Å². The quantitative estimate of drug-likeness (QED) is 0.406. The molecule has 0 spiro atoms. The number of carbonyl (C=O) groups is 1. The second kappa shape index (κ2) is 10.9. The van der Waals surface area contributed by atoms with E-state index in [9.17, 15) is 19.4 Å². The van der Waals surface area contributed by atoms with Crippen LogP contribution in [0.4, 0.5) is 4.39 Å². The number of aliphatic hydroxyl groups is 2. The van der Waals surface area contributed by atoms with E-state index in [1.807, 2.05) is 6.07 Å². The van der Waals surface area contributed by atoms with Crippen molar-refractivity contribution in [1.29, 1.82) is 0 Å². The summed E-state index contributed by atoms with van der Waals surface area (Å²) in [6.07, 6.45) is 0.601. The molecule has 30 heavy (non-hydrogen) atoms. The van der Waals surface area contributed by atoms with Gasteiger partial charge in [0.25, 0.3) is 0 Å². The fourth-order valence-corrected chi connectivity index (χ4v) is 4.10. The summed E-state index contributed by atoms with van der Waals surface area (Å²) in [6, 6.07) is 8.14. The molecule has 7 heteroatoms. The molecular formula is C23H26FIO5. The summed E-state index contributed by atoms with van der Waals surface area (Å²) >= 11 is 2.20. The average molecular weight is 528 g/mol. The molecule has 0 aliphatic carbocycles. The minimum Gasteiger partial charge on any atom is -0.495 e. The van der Waals surface area contributed by atoms with E-state index in [4.69, 9.17) is 9.84 Å². The zero-order chi connectivity index (χ0) is 22.4. The van der Waals surface area contributed by atoms with Crippen LogP contribution in [0.5, 0.6) is 5.75 Å². The highest BCUT2D eigenvalue weighted by molar-refractivity contribution is 14.1. The van der Waals surface area contributed by atoms with Crippen LogP contribution in [-0.2, 0) is 4.79 Å². The Kier molecular flexibility index (Phi) is 8.81. The first kappa shape index (κ1) is 24.3. The molecule has 2 atom stereocenters. The highest BCUT2D eigenvalue weighted by Gasteiger charge is 2.20. The van der Waals surface area contributed by atoms with Crippen molar-refractivity contribution in [3.63, 3.8) is 0 Å². The van der Waals surface area contributed by atoms with E-state index in [0.717, 1.165) is 25.8 Å². The number of hydrogen-bond acceptors (Lipinski definition) is 4. The van der Waals surface area contributed by atoms with Crippen molar-refractivity contribution in [2.24, 2.45) is 0 Å². The number of methoxy groups -OCH3 is 1. The molecule has 3 N–H and O–H groups in total. The van der Waals surface area contributed by atoms with Gasteiger partial charge in [-0.2, -0.15) is 0 Å². The van der Waals surface area contributed by atoms with Gasteiger partial charge in [-0.1, -0.05) is 38.1 Å². The number of rotatable bonds is 9. The Balaban J connectivity index is 2.55. The minimum absolute atomic E-state index is 0.0901. The lowest BCUT2D eigenvalue weighted by atomic mass is 9.88. The SMILES string of the molecule is COc1c(I)cc(C(C)C)c(C=CC(O)CC(O)CC(=O)O)c1-c1ccc(F)cc1. The number of carboxylic acids is 1. The summed E-state index contributed by atoms with van der Waals surface area (Å²) < 4.78 is 20.1. The fraction of sp³-hybridized carbons (Fsp3) is 0.348. The lowest BCUT2D eigenvalue weighted by Gasteiger charge is -2.20. The number of ether oxygens (including phenoxy) is 1. The third-order valence-electron chi connectivity index (χ3n) is 4.67. The normalized spacial score (nSPS) is 13.6. The Morgan fingerprint density at radius 2 is 1.87 bits per heavy atom. The van der Waals surface area contributed by atoms with Gasteiger partial charge in [0.1, 0.15) is 11.6 Å². The molecular weight excluding hydrogens is 502 g/mol. The summed E-state index contributed by atoms with van der Waals surface area (Å²) in [5.74, 6) is -0.654. The molecule has 5 nitrogen and oxygen atoms in total. The van der Waals surface area contributed by atoms with Crippen molar-refractivity contribution in [2.45, 2.75) is 44.8 Å². The number of aliphatic hydroxyl groups excluding tert-OH is 2. The predicted molar refractivity (Wildman–Crippen MR) is 123 cm³/mol. The van der Waals surface area contributed by atoms with Gasteiger partial charge in [-0.15, -0.1) is 0 Å². The van der Waals surface area contributed by atoms with Crippen molar-refractivity contribution in [1.82, 2.24) is 0 Å². The van der Waals surface area contributed by atoms with Crippen LogP contribution in [0, 0.1) is 9.39 Å². The molecule has 0 saturated carbocycles. The van der Waals surface area contributed by atoms with Gasteiger partial charge >= 0.3 is 5.97 Å². The zero-order valence-electron chi connectivity index (χ0n) is 17.1. The van der Waals surface area contributed by atoms with Crippen molar-refractivity contribution in [3.8, 4) is 16.9 Å². The first-order chi connectivity index (χ1) is 14.1. The summed E-state index contributed by atoms with van der Waals surface area (Å²) in [4.78, 5) is 10.7. The minimum atomic E-state index is -1.14. The van der Waals surface area contributed by atoms with Gasteiger partial charge in [0.15, 0.2) is 0 Å². The van der Waals surface area contributed by atoms with Gasteiger partial charge in [0, 0.05) is 12.0 Å². The van der Waals surface area contributed by atoms with E-state index >= 15 is 0 Å². The maximum atomic E-state index is 13.5. The van der Waals surface area contributed by atoms with Gasteiger partial charge in [0.05, 0.1) is 29.3 Å². The molecule has 162 valence electrons. The highest BCUT2D eigenvalue weighted by atomic mass is 127. The molecule has 2 rings (SSSR count). The molecule has 0 aromatic heterocycles. The molecule has 2 aromatic rings. The van der Waals surface area contributed by atoms with Crippen molar-refractivity contribution < 1.29 is 29.2 Å². The monoisotopic (exact) mass is 528 g/mol. The van der Waals surface area contributed by atoms with E-state index in [-0.39, 0.29) is 18.2 Å². The molecule has 0 aliphatic rings. The number of benzene rings is 2. The lowest BCUT2D eigenvalue weighted by molar-refractivity contribution is -0.139. The van der Waals surface area contributed by atoms with Crippen molar-refractivity contribution in [3.05, 3.63) is 56.9 Å². The third kappa shape index (κ3) is 6.26. The van der Waals surface area contributed by atoms with Crippen LogP contribution in [0.25, 0.3) is 17.2 Å². The second-order valence-corrected chi connectivity index (χ2v) is 8.51. The summed E-state index contributed by atoms with van der Waals surface area (Å²) in [5.41, 5.74) is 3.39. The molecule has 0 radical (unpaired) electrons. The largest absolute Gasteiger partial charge is 0.495 e. The lowest BCUT2D eigenvalue weighted by Crippen LogP contribution is -2.19. The molecule has 0 bridgehead atoms. The summed E-state index contributed by atoms with van der Waals surface area (Å²) in [5, 5.41) is 28.8. The van der Waals surface area contributed by atoms with Gasteiger partial charge in [-0.05, 0) is 63.4 Å². The first-order valence-corrected chi connectivity index (χ1v) is 10.6. The van der Waals surface area contributed by atoms with Crippen molar-refractivity contribution >= 4 is 34.6 Å². The van der Waals surface area contributed by atoms with E-state index in [2.05, 4.69) is 36.4 Å². The predicted octanol–water partition coefficient (Wildman–Crippen LogP) is 4.83. The first-order valence-electron chi connectivity index (χ1n) is 9.56. The molecule has 0 aliphatic heterocycles. The Morgan fingerprint density at radius 3 is 2.40 bits per heavy atom. The van der Waals surface area contributed by atoms with Crippen LogP contribution in [-0.4, -0.2) is 40.6 Å². The number of hydrogen-bond donors (Lipinski definition) is 3. The average Bonchev–Trinajstić information content (AvgIpc) is 2.66. The van der Waals surface area contributed by atoms with Gasteiger partial charge in [-0.25, -0.2) is 4.39 Å². The van der Waals surface area contributed by atoms with E-state index in [1.165, 1.54) is 18.2 Å². The standard InChI is InChI=1S/C23H26FIO5/c1-13(2)19-12-20(25)23(30-3)22(14-4-6-15(24)7-5-14)18(19)9-8-16(26)10-17(27)11-21(28)29/h4-9,12-13,16-17,26-27H,10-11H2,1-3H3,(H,28,29). The molecule has 0 amide bonds. The molecule has 0 fully saturated rings. The topological polar surface area (TPSA) is 87.0 Å². The summed E-state index contributed by atoms with van der Waals surface area (Å²) in [7, 11) is 1.57. The molecule has 0 heterocycles. The molecule has 2 aromatic carbocycles. The van der Waals surface area contributed by atoms with Crippen LogP contribution in [0.3, 0.4) is 0 Å². The summed E-state index contributed by atoms with van der Waals surface area (Å²) in [6.45, 7) is 4.10. The molecule has 2 unspecified atom stereocenters.